The minimum absolute atomic E-state index is 0.157. The molecule has 1 N–H and O–H groups in total. The van der Waals surface area contributed by atoms with Gasteiger partial charge in [-0.15, -0.1) is 0 Å². The van der Waals surface area contributed by atoms with Crippen molar-refractivity contribution in [2.75, 3.05) is 38.6 Å². The molecule has 1 fully saturated rings. The monoisotopic (exact) mass is 293 g/mol. The number of nitrogens with zero attached hydrogens (tertiary/aromatic N) is 2. The second kappa shape index (κ2) is 7.23. The fourth-order valence-corrected chi connectivity index (χ4v) is 3.19. The van der Waals surface area contributed by atoms with E-state index in [-0.39, 0.29) is 11.9 Å². The molecule has 1 saturated heterocycles. The van der Waals surface area contributed by atoms with Gasteiger partial charge in [0.25, 0.3) is 0 Å². The van der Waals surface area contributed by atoms with Crippen LogP contribution in [-0.2, 0) is 0 Å². The fourth-order valence-electron chi connectivity index (χ4n) is 3.19. The third kappa shape index (κ3) is 3.95. The summed E-state index contributed by atoms with van der Waals surface area (Å²) in [5.41, 5.74) is 2.21. The van der Waals surface area contributed by atoms with E-state index in [9.17, 15) is 4.39 Å². The Hall–Kier alpha value is -1.13. The molecular formula is C17H28FN3. The number of likely N-dealkylation sites (tertiary alicyclic amines) is 1. The van der Waals surface area contributed by atoms with Gasteiger partial charge < -0.3 is 15.1 Å². The van der Waals surface area contributed by atoms with Crippen molar-refractivity contribution in [2.45, 2.75) is 38.8 Å². The summed E-state index contributed by atoms with van der Waals surface area (Å²) in [6, 6.07) is 5.88. The first-order chi connectivity index (χ1) is 10.0. The van der Waals surface area contributed by atoms with Crippen LogP contribution in [0.4, 0.5) is 10.1 Å². The second-order valence-electron chi connectivity index (χ2n) is 6.13. The van der Waals surface area contributed by atoms with E-state index >= 15 is 0 Å². The lowest BCUT2D eigenvalue weighted by atomic mass is 10.00. The molecule has 21 heavy (non-hydrogen) atoms. The summed E-state index contributed by atoms with van der Waals surface area (Å²) in [6.07, 6.45) is 2.33. The number of rotatable bonds is 5. The van der Waals surface area contributed by atoms with Gasteiger partial charge in [-0.1, -0.05) is 6.92 Å². The van der Waals surface area contributed by atoms with Crippen molar-refractivity contribution >= 4 is 5.69 Å². The first-order valence-corrected chi connectivity index (χ1v) is 7.97. The number of benzene rings is 1. The Balaban J connectivity index is 2.21. The predicted molar refractivity (Wildman–Crippen MR) is 87.4 cm³/mol. The van der Waals surface area contributed by atoms with E-state index in [1.165, 1.54) is 12.8 Å². The lowest BCUT2D eigenvalue weighted by Gasteiger charge is -2.37. The summed E-state index contributed by atoms with van der Waals surface area (Å²) in [4.78, 5) is 4.72. The highest BCUT2D eigenvalue weighted by Crippen LogP contribution is 2.30. The van der Waals surface area contributed by atoms with Crippen LogP contribution in [0.15, 0.2) is 18.2 Å². The molecule has 1 heterocycles. The zero-order valence-corrected chi connectivity index (χ0v) is 13.7. The Morgan fingerprint density at radius 1 is 1.38 bits per heavy atom. The van der Waals surface area contributed by atoms with E-state index in [1.807, 2.05) is 6.07 Å². The van der Waals surface area contributed by atoms with Gasteiger partial charge in [0.2, 0.25) is 0 Å². The molecule has 0 radical (unpaired) electrons. The van der Waals surface area contributed by atoms with Crippen molar-refractivity contribution in [3.63, 3.8) is 0 Å². The smallest absolute Gasteiger partial charge is 0.123 e. The molecule has 0 aliphatic carbocycles. The first-order valence-electron chi connectivity index (χ1n) is 7.97. The minimum atomic E-state index is -0.157. The van der Waals surface area contributed by atoms with Crippen molar-refractivity contribution < 1.29 is 4.39 Å². The van der Waals surface area contributed by atoms with Crippen molar-refractivity contribution in [3.05, 3.63) is 29.6 Å². The number of piperidine rings is 1. The average Bonchev–Trinajstić information content (AvgIpc) is 2.47. The molecule has 0 spiro atoms. The van der Waals surface area contributed by atoms with Gasteiger partial charge in [0.05, 0.1) is 0 Å². The molecule has 1 aromatic carbocycles. The van der Waals surface area contributed by atoms with Gasteiger partial charge in [-0.2, -0.15) is 0 Å². The highest BCUT2D eigenvalue weighted by molar-refractivity contribution is 5.55. The number of hydrogen-bond acceptors (Lipinski definition) is 3. The number of nitrogens with one attached hydrogen (secondary N) is 1. The molecule has 3 nitrogen and oxygen atoms in total. The molecule has 1 aromatic rings. The van der Waals surface area contributed by atoms with Crippen molar-refractivity contribution in [1.29, 1.82) is 0 Å². The van der Waals surface area contributed by atoms with Crippen LogP contribution in [0.5, 0.6) is 0 Å². The molecule has 2 rings (SSSR count). The largest absolute Gasteiger partial charge is 0.371 e. The van der Waals surface area contributed by atoms with Gasteiger partial charge >= 0.3 is 0 Å². The molecule has 4 heteroatoms. The van der Waals surface area contributed by atoms with Crippen LogP contribution in [0.3, 0.4) is 0 Å². The zero-order chi connectivity index (χ0) is 15.4. The van der Waals surface area contributed by atoms with Crippen LogP contribution in [0, 0.1) is 5.82 Å². The summed E-state index contributed by atoms with van der Waals surface area (Å²) in [6.45, 7) is 7.33. The summed E-state index contributed by atoms with van der Waals surface area (Å²) in [5, 5.41) is 3.39. The second-order valence-corrected chi connectivity index (χ2v) is 6.13. The lowest BCUT2D eigenvalue weighted by molar-refractivity contribution is 0.252. The molecule has 1 aliphatic heterocycles. The molecule has 0 saturated carbocycles. The maximum atomic E-state index is 13.7. The Labute approximate surface area is 128 Å². The van der Waals surface area contributed by atoms with Crippen LogP contribution < -0.4 is 10.2 Å². The van der Waals surface area contributed by atoms with Crippen molar-refractivity contribution in [1.82, 2.24) is 10.2 Å². The fraction of sp³-hybridized carbons (Fsp3) is 0.647. The predicted octanol–water partition coefficient (Wildman–Crippen LogP) is 3.03. The topological polar surface area (TPSA) is 18.5 Å². The average molecular weight is 293 g/mol. The summed E-state index contributed by atoms with van der Waals surface area (Å²) < 4.78 is 13.7. The number of halogens is 1. The third-order valence-corrected chi connectivity index (χ3v) is 4.58. The third-order valence-electron chi connectivity index (χ3n) is 4.58. The van der Waals surface area contributed by atoms with E-state index < -0.39 is 0 Å². The standard InChI is InChI=1S/C17H28FN3/c1-5-19-13(2)16-12-14(18)6-7-17(16)21(4)15-8-10-20(3)11-9-15/h6-7,12-13,15,19H,5,8-11H2,1-4H3. The van der Waals surface area contributed by atoms with E-state index in [1.54, 1.807) is 12.1 Å². The van der Waals surface area contributed by atoms with E-state index in [0.29, 0.717) is 6.04 Å². The Morgan fingerprint density at radius 3 is 2.67 bits per heavy atom. The zero-order valence-electron chi connectivity index (χ0n) is 13.7. The molecule has 1 aliphatic rings. The van der Waals surface area contributed by atoms with Crippen LogP contribution in [-0.4, -0.2) is 44.7 Å². The lowest BCUT2D eigenvalue weighted by Crippen LogP contribution is -2.42. The summed E-state index contributed by atoms with van der Waals surface area (Å²) >= 11 is 0. The van der Waals surface area contributed by atoms with Gasteiger partial charge in [-0.3, -0.25) is 0 Å². The van der Waals surface area contributed by atoms with Gasteiger partial charge in [-0.05, 0) is 70.2 Å². The molecule has 0 aromatic heterocycles. The SMILES string of the molecule is CCNC(C)c1cc(F)ccc1N(C)C1CCN(C)CC1. The molecular weight excluding hydrogens is 265 g/mol. The van der Waals surface area contributed by atoms with Gasteiger partial charge in [0, 0.05) is 24.8 Å². The quantitative estimate of drug-likeness (QED) is 0.900. The van der Waals surface area contributed by atoms with E-state index in [2.05, 4.69) is 43.1 Å². The van der Waals surface area contributed by atoms with E-state index in [0.717, 1.165) is 30.9 Å². The first kappa shape index (κ1) is 16.2. The maximum Gasteiger partial charge on any atom is 0.123 e. The highest BCUT2D eigenvalue weighted by atomic mass is 19.1. The van der Waals surface area contributed by atoms with E-state index in [4.69, 9.17) is 0 Å². The van der Waals surface area contributed by atoms with Crippen LogP contribution in [0.25, 0.3) is 0 Å². The Morgan fingerprint density at radius 2 is 2.05 bits per heavy atom. The minimum Gasteiger partial charge on any atom is -0.371 e. The van der Waals surface area contributed by atoms with Gasteiger partial charge in [0.15, 0.2) is 0 Å². The summed E-state index contributed by atoms with van der Waals surface area (Å²) in [5.74, 6) is -0.157. The molecule has 1 unspecified atom stereocenters. The molecule has 1 atom stereocenters. The normalized spacial score (nSPS) is 18.7. The Kier molecular flexibility index (Phi) is 5.59. The van der Waals surface area contributed by atoms with Crippen molar-refractivity contribution in [3.8, 4) is 0 Å². The van der Waals surface area contributed by atoms with Gasteiger partial charge in [-0.25, -0.2) is 4.39 Å². The highest BCUT2D eigenvalue weighted by Gasteiger charge is 2.23. The van der Waals surface area contributed by atoms with Crippen LogP contribution >= 0.6 is 0 Å². The molecule has 0 bridgehead atoms. The molecule has 118 valence electrons. The number of anilines is 1. The molecule has 0 amide bonds. The van der Waals surface area contributed by atoms with Gasteiger partial charge in [0.1, 0.15) is 5.82 Å². The van der Waals surface area contributed by atoms with Crippen molar-refractivity contribution in [2.24, 2.45) is 0 Å². The van der Waals surface area contributed by atoms with Crippen LogP contribution in [0.2, 0.25) is 0 Å². The van der Waals surface area contributed by atoms with Crippen LogP contribution in [0.1, 0.15) is 38.3 Å². The summed E-state index contributed by atoms with van der Waals surface area (Å²) in [7, 11) is 4.32. The maximum absolute atomic E-state index is 13.7. The Bertz CT molecular complexity index is 455. The number of hydrogen-bond donors (Lipinski definition) is 1.